The van der Waals surface area contributed by atoms with Crippen molar-refractivity contribution in [3.63, 3.8) is 0 Å². The number of halogens is 5. The van der Waals surface area contributed by atoms with Gasteiger partial charge in [0, 0.05) is 30.4 Å². The minimum Gasteiger partial charge on any atom is -0.468 e. The maximum absolute atomic E-state index is 13.7. The fourth-order valence-corrected chi connectivity index (χ4v) is 2.19. The quantitative estimate of drug-likeness (QED) is 0.423. The van der Waals surface area contributed by atoms with Gasteiger partial charge in [-0.1, -0.05) is 6.07 Å². The lowest BCUT2D eigenvalue weighted by Gasteiger charge is -2.14. The molecule has 0 bridgehead atoms. The number of aliphatic imine (C=N–C) groups is 1. The van der Waals surface area contributed by atoms with Crippen molar-refractivity contribution < 1.29 is 26.7 Å². The van der Waals surface area contributed by atoms with Gasteiger partial charge in [-0.25, -0.2) is 18.8 Å². The average Bonchev–Trinajstić information content (AvgIpc) is 2.65. The molecule has 2 aromatic rings. The van der Waals surface area contributed by atoms with Crippen LogP contribution in [0.2, 0.25) is 0 Å². The Bertz CT molecular complexity index is 811. The third-order valence-corrected chi connectivity index (χ3v) is 3.43. The first-order chi connectivity index (χ1) is 13.3. The highest BCUT2D eigenvalue weighted by molar-refractivity contribution is 5.79. The van der Waals surface area contributed by atoms with Crippen LogP contribution < -0.4 is 15.4 Å². The molecule has 152 valence electrons. The van der Waals surface area contributed by atoms with Crippen molar-refractivity contribution in [3.8, 4) is 5.88 Å². The predicted octanol–water partition coefficient (Wildman–Crippen LogP) is 3.56. The molecular weight excluding hydrogens is 383 g/mol. The van der Waals surface area contributed by atoms with Gasteiger partial charge in [0.25, 0.3) is 0 Å². The molecule has 28 heavy (non-hydrogen) atoms. The Hall–Kier alpha value is -2.91. The van der Waals surface area contributed by atoms with Gasteiger partial charge in [-0.05, 0) is 31.2 Å². The molecule has 0 atom stereocenters. The highest BCUT2D eigenvalue weighted by atomic mass is 19.4. The molecule has 1 aromatic carbocycles. The highest BCUT2D eigenvalue weighted by Gasteiger charge is 2.29. The predicted molar refractivity (Wildman–Crippen MR) is 93.8 cm³/mol. The summed E-state index contributed by atoms with van der Waals surface area (Å²) in [6.45, 7) is 0.787. The van der Waals surface area contributed by atoms with Gasteiger partial charge in [0.1, 0.15) is 11.6 Å². The number of hydrogen-bond donors (Lipinski definition) is 2. The first-order valence-electron chi connectivity index (χ1n) is 8.38. The Morgan fingerprint density at radius 1 is 1.14 bits per heavy atom. The normalized spacial score (nSPS) is 12.0. The molecule has 0 radical (unpaired) electrons. The van der Waals surface area contributed by atoms with Crippen LogP contribution in [0, 0.1) is 11.6 Å². The van der Waals surface area contributed by atoms with Gasteiger partial charge in [-0.3, -0.25) is 0 Å². The summed E-state index contributed by atoms with van der Waals surface area (Å²) < 4.78 is 68.7. The Balaban J connectivity index is 2.06. The number of aromatic nitrogens is 1. The molecule has 0 saturated carbocycles. The van der Waals surface area contributed by atoms with Crippen LogP contribution in [0.4, 0.5) is 22.0 Å². The molecule has 1 aromatic heterocycles. The summed E-state index contributed by atoms with van der Waals surface area (Å²) in [6, 6.07) is 6.19. The molecule has 10 heteroatoms. The van der Waals surface area contributed by atoms with E-state index in [1.165, 1.54) is 6.20 Å². The molecule has 0 aliphatic rings. The maximum atomic E-state index is 13.7. The number of guanidine groups is 1. The van der Waals surface area contributed by atoms with Crippen molar-refractivity contribution in [2.75, 3.05) is 13.2 Å². The van der Waals surface area contributed by atoms with Gasteiger partial charge in [-0.15, -0.1) is 0 Å². The van der Waals surface area contributed by atoms with Crippen LogP contribution in [0.5, 0.6) is 5.88 Å². The largest absolute Gasteiger partial charge is 0.468 e. The van der Waals surface area contributed by atoms with E-state index in [1.54, 1.807) is 12.1 Å². The second-order valence-electron chi connectivity index (χ2n) is 5.66. The molecule has 0 saturated heterocycles. The van der Waals surface area contributed by atoms with Crippen molar-refractivity contribution in [1.29, 1.82) is 0 Å². The number of ether oxygens (including phenoxy) is 1. The van der Waals surface area contributed by atoms with E-state index in [1.807, 2.05) is 6.92 Å². The molecule has 2 rings (SSSR count). The molecule has 0 aliphatic carbocycles. The summed E-state index contributed by atoms with van der Waals surface area (Å²) in [6.07, 6.45) is -3.16. The van der Waals surface area contributed by atoms with Gasteiger partial charge in [-0.2, -0.15) is 13.2 Å². The summed E-state index contributed by atoms with van der Waals surface area (Å²) in [4.78, 5) is 7.97. The maximum Gasteiger partial charge on any atom is 0.422 e. The molecule has 1 heterocycles. The third kappa shape index (κ3) is 7.01. The Morgan fingerprint density at radius 2 is 1.93 bits per heavy atom. The Morgan fingerprint density at radius 3 is 2.64 bits per heavy atom. The lowest BCUT2D eigenvalue weighted by Crippen LogP contribution is -2.37. The Kier molecular flexibility index (Phi) is 7.53. The molecular formula is C18H19F5N4O. The fourth-order valence-electron chi connectivity index (χ4n) is 2.19. The standard InChI is InChI=1S/C18H19F5N4O/c1-2-24-17(27-10-13-8-14(19)5-6-15(13)20)26-9-12-4-3-7-25-16(12)28-11-18(21,22)23/h3-8H,2,9-11H2,1H3,(H2,24,26,27). The molecule has 2 N–H and O–H groups in total. The van der Waals surface area contributed by atoms with Crippen molar-refractivity contribution >= 4 is 5.96 Å². The Labute approximate surface area is 158 Å². The lowest BCUT2D eigenvalue weighted by atomic mass is 10.2. The number of nitrogens with zero attached hydrogens (tertiary/aromatic N) is 2. The molecule has 0 amide bonds. The number of benzene rings is 1. The lowest BCUT2D eigenvalue weighted by molar-refractivity contribution is -0.154. The zero-order valence-corrected chi connectivity index (χ0v) is 15.0. The SMILES string of the molecule is CCNC(=NCc1cc(F)ccc1F)NCc1cccnc1OCC(F)(F)F. The smallest absolute Gasteiger partial charge is 0.422 e. The summed E-state index contributed by atoms with van der Waals surface area (Å²) in [7, 11) is 0. The summed E-state index contributed by atoms with van der Waals surface area (Å²) in [5.74, 6) is -1.04. The minimum atomic E-state index is -4.48. The van der Waals surface area contributed by atoms with Crippen LogP contribution in [-0.2, 0) is 13.1 Å². The first kappa shape index (κ1) is 21.4. The number of rotatable bonds is 7. The number of nitrogens with one attached hydrogen (secondary N) is 2. The zero-order chi connectivity index (χ0) is 20.6. The van der Waals surface area contributed by atoms with Crippen LogP contribution in [-0.4, -0.2) is 30.3 Å². The van der Waals surface area contributed by atoms with E-state index in [4.69, 9.17) is 4.74 Å². The summed E-state index contributed by atoms with van der Waals surface area (Å²) in [5.41, 5.74) is 0.460. The van der Waals surface area contributed by atoms with Gasteiger partial charge < -0.3 is 15.4 Å². The summed E-state index contributed by atoms with van der Waals surface area (Å²) in [5, 5.41) is 5.81. The van der Waals surface area contributed by atoms with Gasteiger partial charge >= 0.3 is 6.18 Å². The van der Waals surface area contributed by atoms with E-state index < -0.39 is 24.4 Å². The van der Waals surface area contributed by atoms with E-state index in [0.29, 0.717) is 12.1 Å². The van der Waals surface area contributed by atoms with Crippen LogP contribution in [0.3, 0.4) is 0 Å². The number of hydrogen-bond acceptors (Lipinski definition) is 3. The van der Waals surface area contributed by atoms with E-state index in [9.17, 15) is 22.0 Å². The van der Waals surface area contributed by atoms with Crippen LogP contribution in [0.15, 0.2) is 41.5 Å². The van der Waals surface area contributed by atoms with Crippen LogP contribution in [0.1, 0.15) is 18.1 Å². The van der Waals surface area contributed by atoms with Crippen LogP contribution in [0.25, 0.3) is 0 Å². The van der Waals surface area contributed by atoms with Crippen molar-refractivity contribution in [2.24, 2.45) is 4.99 Å². The minimum absolute atomic E-state index is 0.0680. The van der Waals surface area contributed by atoms with E-state index in [-0.39, 0.29) is 30.5 Å². The third-order valence-electron chi connectivity index (χ3n) is 3.43. The van der Waals surface area contributed by atoms with E-state index in [0.717, 1.165) is 18.2 Å². The van der Waals surface area contributed by atoms with E-state index in [2.05, 4.69) is 20.6 Å². The van der Waals surface area contributed by atoms with E-state index >= 15 is 0 Å². The fraction of sp³-hybridized carbons (Fsp3) is 0.333. The average molecular weight is 402 g/mol. The van der Waals surface area contributed by atoms with Crippen LogP contribution >= 0.6 is 0 Å². The molecule has 0 spiro atoms. The van der Waals surface area contributed by atoms with Gasteiger partial charge in [0.05, 0.1) is 6.54 Å². The molecule has 0 unspecified atom stereocenters. The molecule has 5 nitrogen and oxygen atoms in total. The van der Waals surface area contributed by atoms with Crippen molar-refractivity contribution in [1.82, 2.24) is 15.6 Å². The second-order valence-corrected chi connectivity index (χ2v) is 5.66. The topological polar surface area (TPSA) is 58.5 Å². The van der Waals surface area contributed by atoms with Gasteiger partial charge in [0.15, 0.2) is 12.6 Å². The van der Waals surface area contributed by atoms with Gasteiger partial charge in [0.2, 0.25) is 5.88 Å². The molecule has 0 aliphatic heterocycles. The monoisotopic (exact) mass is 402 g/mol. The first-order valence-corrected chi connectivity index (χ1v) is 8.38. The second kappa shape index (κ2) is 9.86. The zero-order valence-electron chi connectivity index (χ0n) is 15.0. The number of alkyl halides is 3. The summed E-state index contributed by atoms with van der Waals surface area (Å²) >= 11 is 0. The van der Waals surface area contributed by atoms with Crippen molar-refractivity contribution in [2.45, 2.75) is 26.2 Å². The highest BCUT2D eigenvalue weighted by Crippen LogP contribution is 2.19. The molecule has 0 fully saturated rings. The number of pyridine rings is 1. The van der Waals surface area contributed by atoms with Crippen molar-refractivity contribution in [3.05, 3.63) is 59.3 Å².